The van der Waals surface area contributed by atoms with E-state index in [0.717, 1.165) is 6.92 Å². The fourth-order valence-corrected chi connectivity index (χ4v) is 3.23. The maximum atomic E-state index is 14.2. The highest BCUT2D eigenvalue weighted by atomic mass is 35.5. The first-order chi connectivity index (χ1) is 15.1. The third-order valence-electron chi connectivity index (χ3n) is 4.43. The summed E-state index contributed by atoms with van der Waals surface area (Å²) in [5.74, 6) is -5.40. The van der Waals surface area contributed by atoms with Gasteiger partial charge in [0.1, 0.15) is 10.8 Å². The van der Waals surface area contributed by atoms with Crippen molar-refractivity contribution in [1.82, 2.24) is 5.32 Å². The van der Waals surface area contributed by atoms with Crippen LogP contribution in [0.3, 0.4) is 0 Å². The molecule has 0 aromatic heterocycles. The monoisotopic (exact) mass is 482 g/mol. The Morgan fingerprint density at radius 2 is 1.62 bits per heavy atom. The van der Waals surface area contributed by atoms with Crippen LogP contribution in [0.5, 0.6) is 11.5 Å². The number of anilines is 1. The minimum atomic E-state index is -1.42. The average Bonchev–Trinajstić information content (AvgIpc) is 2.75. The second-order valence-corrected chi connectivity index (χ2v) is 7.47. The van der Waals surface area contributed by atoms with Crippen molar-refractivity contribution in [1.29, 1.82) is 0 Å². The van der Waals surface area contributed by atoms with E-state index >= 15 is 0 Å². The van der Waals surface area contributed by atoms with E-state index in [9.17, 15) is 22.8 Å². The van der Waals surface area contributed by atoms with Crippen molar-refractivity contribution >= 4 is 40.8 Å². The summed E-state index contributed by atoms with van der Waals surface area (Å²) in [4.78, 5) is 24.3. The summed E-state index contributed by atoms with van der Waals surface area (Å²) in [7, 11) is 0. The Morgan fingerprint density at radius 1 is 0.938 bits per heavy atom. The van der Waals surface area contributed by atoms with Crippen LogP contribution in [0.25, 0.3) is 0 Å². The predicted molar refractivity (Wildman–Crippen MR) is 115 cm³/mol. The van der Waals surface area contributed by atoms with Gasteiger partial charge < -0.3 is 10.1 Å². The Balaban J connectivity index is 1.74. The molecule has 0 spiro atoms. The fraction of sp³-hybridized carbons (Fsp3) is 0.0909. The lowest BCUT2D eigenvalue weighted by Gasteiger charge is -2.14. The summed E-state index contributed by atoms with van der Waals surface area (Å²) in [6.07, 6.45) is 0. The maximum absolute atomic E-state index is 14.2. The number of urea groups is 1. The minimum absolute atomic E-state index is 0.0477. The number of halogens is 5. The van der Waals surface area contributed by atoms with Gasteiger partial charge in [-0.05, 0) is 49.7 Å². The molecule has 0 bridgehead atoms. The number of hydrogen-bond donors (Lipinski definition) is 2. The van der Waals surface area contributed by atoms with Gasteiger partial charge in [-0.1, -0.05) is 35.3 Å². The van der Waals surface area contributed by atoms with Crippen molar-refractivity contribution in [2.75, 3.05) is 5.32 Å². The lowest BCUT2D eigenvalue weighted by atomic mass is 10.1. The fourth-order valence-electron chi connectivity index (χ4n) is 2.74. The van der Waals surface area contributed by atoms with E-state index in [4.69, 9.17) is 27.9 Å². The quantitative estimate of drug-likeness (QED) is 0.402. The van der Waals surface area contributed by atoms with E-state index < -0.39 is 45.7 Å². The van der Waals surface area contributed by atoms with Crippen LogP contribution in [-0.4, -0.2) is 11.9 Å². The summed E-state index contributed by atoms with van der Waals surface area (Å²) >= 11 is 11.7. The number of aryl methyl sites for hydroxylation is 1. The third kappa shape index (κ3) is 4.81. The number of ether oxygens (including phenoxy) is 1. The number of hydrogen-bond acceptors (Lipinski definition) is 3. The standard InChI is InChI=1S/C22H15Cl2F3N2O3/c1-10-9-12(28-22(31)29-21(30)13-5-3-4-6-14(13)23)7-8-15(10)32-20-16(24)17(25)11(2)18(26)19(20)27/h3-9H,1-2H3,(H2,28,29,30,31). The number of rotatable bonds is 4. The van der Waals surface area contributed by atoms with E-state index in [1.807, 2.05) is 0 Å². The van der Waals surface area contributed by atoms with Gasteiger partial charge in [-0.3, -0.25) is 10.1 Å². The van der Waals surface area contributed by atoms with E-state index in [1.54, 1.807) is 19.1 Å². The first-order valence-corrected chi connectivity index (χ1v) is 9.83. The Labute approximate surface area is 191 Å². The zero-order valence-corrected chi connectivity index (χ0v) is 18.2. The van der Waals surface area contributed by atoms with E-state index in [0.29, 0.717) is 5.56 Å². The predicted octanol–water partition coefficient (Wildman–Crippen LogP) is 6.78. The average molecular weight is 483 g/mol. The van der Waals surface area contributed by atoms with Crippen molar-refractivity contribution in [3.8, 4) is 11.5 Å². The Bertz CT molecular complexity index is 1210. The molecule has 3 aromatic rings. The first-order valence-electron chi connectivity index (χ1n) is 9.08. The summed E-state index contributed by atoms with van der Waals surface area (Å²) < 4.78 is 47.3. The van der Waals surface area contributed by atoms with Gasteiger partial charge in [0, 0.05) is 11.3 Å². The van der Waals surface area contributed by atoms with Crippen LogP contribution in [0.15, 0.2) is 42.5 Å². The lowest BCUT2D eigenvalue weighted by molar-refractivity contribution is 0.0967. The molecule has 10 heteroatoms. The lowest BCUT2D eigenvalue weighted by Crippen LogP contribution is -2.34. The summed E-state index contributed by atoms with van der Waals surface area (Å²) in [5, 5.41) is 4.08. The maximum Gasteiger partial charge on any atom is 0.326 e. The number of nitrogens with one attached hydrogen (secondary N) is 2. The van der Waals surface area contributed by atoms with Crippen molar-refractivity contribution < 1.29 is 27.5 Å². The molecule has 0 fully saturated rings. The van der Waals surface area contributed by atoms with Gasteiger partial charge in [-0.25, -0.2) is 13.6 Å². The number of amides is 3. The molecule has 0 heterocycles. The molecule has 3 amide bonds. The molecule has 2 N–H and O–H groups in total. The number of carbonyl (C=O) groups is 2. The molecule has 3 rings (SSSR count). The Morgan fingerprint density at radius 3 is 2.28 bits per heavy atom. The number of carbonyl (C=O) groups excluding carboxylic acids is 2. The molecule has 0 saturated heterocycles. The molecular formula is C22H15Cl2F3N2O3. The molecule has 3 aromatic carbocycles. The Kier molecular flexibility index (Phi) is 6.96. The van der Waals surface area contributed by atoms with E-state index in [-0.39, 0.29) is 22.0 Å². The number of imide groups is 1. The minimum Gasteiger partial charge on any atom is -0.452 e. The SMILES string of the molecule is Cc1cc(NC(=O)NC(=O)c2ccccc2Cl)ccc1Oc1c(F)c(F)c(C)c(F)c1Cl. The topological polar surface area (TPSA) is 67.4 Å². The van der Waals surface area contributed by atoms with Crippen LogP contribution >= 0.6 is 23.2 Å². The second kappa shape index (κ2) is 9.50. The van der Waals surface area contributed by atoms with Gasteiger partial charge in [0.15, 0.2) is 17.4 Å². The molecule has 0 radical (unpaired) electrons. The van der Waals surface area contributed by atoms with Gasteiger partial charge in [0.2, 0.25) is 5.82 Å². The van der Waals surface area contributed by atoms with E-state index in [1.165, 1.54) is 30.3 Å². The highest BCUT2D eigenvalue weighted by Crippen LogP contribution is 2.38. The zero-order valence-electron chi connectivity index (χ0n) is 16.7. The van der Waals surface area contributed by atoms with Crippen LogP contribution < -0.4 is 15.4 Å². The molecule has 0 aliphatic carbocycles. The summed E-state index contributed by atoms with van der Waals surface area (Å²) in [6.45, 7) is 2.61. The van der Waals surface area contributed by atoms with Crippen molar-refractivity contribution in [2.45, 2.75) is 13.8 Å². The Hall–Kier alpha value is -3.23. The molecule has 32 heavy (non-hydrogen) atoms. The number of benzene rings is 3. The molecule has 0 aliphatic heterocycles. The van der Waals surface area contributed by atoms with Gasteiger partial charge in [-0.2, -0.15) is 4.39 Å². The van der Waals surface area contributed by atoms with E-state index in [2.05, 4.69) is 10.6 Å². The zero-order chi connectivity index (χ0) is 23.6. The van der Waals surface area contributed by atoms with Crippen LogP contribution in [-0.2, 0) is 0 Å². The van der Waals surface area contributed by atoms with Crippen molar-refractivity contribution in [3.63, 3.8) is 0 Å². The molecule has 0 saturated carbocycles. The molecular weight excluding hydrogens is 468 g/mol. The van der Waals surface area contributed by atoms with Gasteiger partial charge in [0.05, 0.1) is 10.6 Å². The van der Waals surface area contributed by atoms with Crippen LogP contribution in [0, 0.1) is 31.3 Å². The molecule has 0 unspecified atom stereocenters. The smallest absolute Gasteiger partial charge is 0.326 e. The highest BCUT2D eigenvalue weighted by molar-refractivity contribution is 6.34. The second-order valence-electron chi connectivity index (χ2n) is 6.68. The molecule has 0 aliphatic rings. The first kappa shape index (κ1) is 23.4. The van der Waals surface area contributed by atoms with Crippen LogP contribution in [0.4, 0.5) is 23.7 Å². The van der Waals surface area contributed by atoms with Gasteiger partial charge >= 0.3 is 6.03 Å². The molecule has 0 atom stereocenters. The summed E-state index contributed by atoms with van der Waals surface area (Å²) in [5.41, 5.74) is 0.221. The van der Waals surface area contributed by atoms with Crippen molar-refractivity contribution in [2.24, 2.45) is 0 Å². The van der Waals surface area contributed by atoms with Crippen LogP contribution in [0.1, 0.15) is 21.5 Å². The molecule has 166 valence electrons. The van der Waals surface area contributed by atoms with Gasteiger partial charge in [0.25, 0.3) is 5.91 Å². The van der Waals surface area contributed by atoms with Crippen LogP contribution in [0.2, 0.25) is 10.0 Å². The van der Waals surface area contributed by atoms with Gasteiger partial charge in [-0.15, -0.1) is 0 Å². The normalized spacial score (nSPS) is 10.6. The summed E-state index contributed by atoms with van der Waals surface area (Å²) in [6, 6.07) is 9.56. The largest absolute Gasteiger partial charge is 0.452 e. The highest BCUT2D eigenvalue weighted by Gasteiger charge is 2.24. The molecule has 5 nitrogen and oxygen atoms in total. The third-order valence-corrected chi connectivity index (χ3v) is 5.10. The van der Waals surface area contributed by atoms with Crippen molar-refractivity contribution in [3.05, 3.63) is 86.7 Å².